The second-order valence-corrected chi connectivity index (χ2v) is 4.85. The molecule has 3 rings (SSSR count). The molecule has 0 aromatic rings. The van der Waals surface area contributed by atoms with E-state index in [9.17, 15) is 0 Å². The van der Waals surface area contributed by atoms with E-state index in [-0.39, 0.29) is 5.92 Å². The lowest BCUT2D eigenvalue weighted by Crippen LogP contribution is -2.41. The topological polar surface area (TPSA) is 27.0 Å². The summed E-state index contributed by atoms with van der Waals surface area (Å²) in [7, 11) is 0. The number of rotatable bonds is 0. The van der Waals surface area contributed by atoms with Crippen LogP contribution in [0.2, 0.25) is 0 Å². The number of nitrogens with zero attached hydrogens (tertiary/aromatic N) is 2. The first-order valence-electron chi connectivity index (χ1n) is 6.10. The van der Waals surface area contributed by atoms with Crippen molar-refractivity contribution in [2.24, 2.45) is 17.8 Å². The van der Waals surface area contributed by atoms with Gasteiger partial charge in [0.1, 0.15) is 0 Å². The van der Waals surface area contributed by atoms with Gasteiger partial charge in [-0.25, -0.2) is 0 Å². The van der Waals surface area contributed by atoms with Crippen molar-refractivity contribution in [3.63, 3.8) is 0 Å². The van der Waals surface area contributed by atoms with E-state index in [0.29, 0.717) is 11.8 Å². The van der Waals surface area contributed by atoms with Crippen LogP contribution in [0.3, 0.4) is 0 Å². The number of piperidine rings is 1. The van der Waals surface area contributed by atoms with E-state index in [1.807, 2.05) is 0 Å². The Labute approximate surface area is 96.5 Å². The van der Waals surface area contributed by atoms with Gasteiger partial charge in [-0.2, -0.15) is 5.26 Å². The molecule has 1 fully saturated rings. The molecule has 16 heavy (non-hydrogen) atoms. The zero-order valence-corrected chi connectivity index (χ0v) is 9.34. The van der Waals surface area contributed by atoms with Crippen LogP contribution in [-0.2, 0) is 0 Å². The smallest absolute Gasteiger partial charge is 0.0698 e. The molecular formula is C14H16N2. The summed E-state index contributed by atoms with van der Waals surface area (Å²) in [6, 6.07) is 2.39. The Kier molecular flexibility index (Phi) is 2.32. The lowest BCUT2D eigenvalue weighted by Gasteiger charge is -2.43. The monoisotopic (exact) mass is 212 g/mol. The second kappa shape index (κ2) is 3.83. The maximum atomic E-state index is 9.03. The first-order valence-corrected chi connectivity index (χ1v) is 6.10. The minimum Gasteiger partial charge on any atom is -0.374 e. The van der Waals surface area contributed by atoms with Crippen LogP contribution < -0.4 is 0 Å². The molecular weight excluding hydrogens is 196 g/mol. The van der Waals surface area contributed by atoms with Gasteiger partial charge in [0.2, 0.25) is 0 Å². The normalized spacial score (nSPS) is 36.1. The highest BCUT2D eigenvalue weighted by Gasteiger charge is 2.33. The van der Waals surface area contributed by atoms with Crippen molar-refractivity contribution in [1.82, 2.24) is 4.90 Å². The maximum absolute atomic E-state index is 9.03. The van der Waals surface area contributed by atoms with Crippen molar-refractivity contribution in [3.8, 4) is 6.07 Å². The standard InChI is InChI=1S/C14H16N2/c15-10-11-5-7-16-8-6-12-3-1-2-4-13(12)14(16)9-11/h1-4,9,11-13H,5-8H2. The first kappa shape index (κ1) is 9.72. The Balaban J connectivity index is 1.93. The van der Waals surface area contributed by atoms with E-state index in [1.165, 1.54) is 12.1 Å². The number of allylic oxidation sites excluding steroid dienone is 5. The summed E-state index contributed by atoms with van der Waals surface area (Å²) >= 11 is 0. The predicted octanol–water partition coefficient (Wildman–Crippen LogP) is 2.48. The molecule has 0 aromatic heterocycles. The third-order valence-corrected chi connectivity index (χ3v) is 3.94. The predicted molar refractivity (Wildman–Crippen MR) is 63.3 cm³/mol. The molecule has 2 heteroatoms. The molecule has 0 N–H and O–H groups in total. The molecule has 1 saturated heterocycles. The summed E-state index contributed by atoms with van der Waals surface area (Å²) < 4.78 is 0. The van der Waals surface area contributed by atoms with Crippen molar-refractivity contribution in [3.05, 3.63) is 36.1 Å². The molecule has 2 aliphatic heterocycles. The van der Waals surface area contributed by atoms with E-state index >= 15 is 0 Å². The zero-order chi connectivity index (χ0) is 11.0. The van der Waals surface area contributed by atoms with Gasteiger partial charge in [-0.05, 0) is 24.8 Å². The number of hydrogen-bond donors (Lipinski definition) is 0. The van der Waals surface area contributed by atoms with Crippen LogP contribution in [-0.4, -0.2) is 18.0 Å². The fourth-order valence-electron chi connectivity index (χ4n) is 3.04. The maximum Gasteiger partial charge on any atom is 0.0698 e. The van der Waals surface area contributed by atoms with Crippen molar-refractivity contribution in [2.45, 2.75) is 12.8 Å². The van der Waals surface area contributed by atoms with Crippen molar-refractivity contribution < 1.29 is 0 Å². The summed E-state index contributed by atoms with van der Waals surface area (Å²) in [5.74, 6) is 1.31. The van der Waals surface area contributed by atoms with E-state index in [0.717, 1.165) is 19.5 Å². The van der Waals surface area contributed by atoms with Crippen LogP contribution in [0.25, 0.3) is 0 Å². The highest BCUT2D eigenvalue weighted by molar-refractivity contribution is 5.28. The van der Waals surface area contributed by atoms with Crippen LogP contribution in [0.5, 0.6) is 0 Å². The molecule has 1 aliphatic carbocycles. The molecule has 0 bridgehead atoms. The Morgan fingerprint density at radius 2 is 2.00 bits per heavy atom. The molecule has 2 heterocycles. The minimum absolute atomic E-state index is 0.129. The highest BCUT2D eigenvalue weighted by Crippen LogP contribution is 2.38. The summed E-state index contributed by atoms with van der Waals surface area (Å²) in [5, 5.41) is 9.03. The SMILES string of the molecule is N#CC1C=C2C3C=CC=CC3CCN2CC1. The third kappa shape index (κ3) is 1.48. The van der Waals surface area contributed by atoms with Gasteiger partial charge in [0.25, 0.3) is 0 Å². The van der Waals surface area contributed by atoms with E-state index in [4.69, 9.17) is 5.26 Å². The fourth-order valence-corrected chi connectivity index (χ4v) is 3.04. The molecule has 0 radical (unpaired) electrons. The average Bonchev–Trinajstić information content (AvgIpc) is 2.38. The lowest BCUT2D eigenvalue weighted by atomic mass is 9.78. The van der Waals surface area contributed by atoms with E-state index < -0.39 is 0 Å². The van der Waals surface area contributed by atoms with Gasteiger partial charge in [-0.3, -0.25) is 0 Å². The molecule has 2 nitrogen and oxygen atoms in total. The number of hydrogen-bond acceptors (Lipinski definition) is 2. The highest BCUT2D eigenvalue weighted by atomic mass is 15.2. The van der Waals surface area contributed by atoms with Crippen LogP contribution in [0.15, 0.2) is 36.1 Å². The quantitative estimate of drug-likeness (QED) is 0.617. The minimum atomic E-state index is 0.129. The van der Waals surface area contributed by atoms with Crippen LogP contribution in [0.4, 0.5) is 0 Å². The molecule has 82 valence electrons. The summed E-state index contributed by atoms with van der Waals surface area (Å²) in [4.78, 5) is 2.47. The fraction of sp³-hybridized carbons (Fsp3) is 0.500. The molecule has 3 aliphatic rings. The number of fused-ring (bicyclic) bond motifs is 3. The van der Waals surface area contributed by atoms with Gasteiger partial charge >= 0.3 is 0 Å². The largest absolute Gasteiger partial charge is 0.374 e. The van der Waals surface area contributed by atoms with Gasteiger partial charge in [0, 0.05) is 24.7 Å². The average molecular weight is 212 g/mol. The molecule has 3 unspecified atom stereocenters. The zero-order valence-electron chi connectivity index (χ0n) is 9.34. The van der Waals surface area contributed by atoms with Gasteiger partial charge in [-0.1, -0.05) is 24.3 Å². The van der Waals surface area contributed by atoms with E-state index in [2.05, 4.69) is 41.3 Å². The van der Waals surface area contributed by atoms with Crippen molar-refractivity contribution >= 4 is 0 Å². The Hall–Kier alpha value is -1.49. The van der Waals surface area contributed by atoms with Gasteiger partial charge in [0.15, 0.2) is 0 Å². The number of nitriles is 1. The van der Waals surface area contributed by atoms with Gasteiger partial charge < -0.3 is 4.90 Å². The van der Waals surface area contributed by atoms with Crippen molar-refractivity contribution in [1.29, 1.82) is 5.26 Å². The first-order chi connectivity index (χ1) is 7.88. The Morgan fingerprint density at radius 3 is 2.88 bits per heavy atom. The summed E-state index contributed by atoms with van der Waals surface area (Å²) in [6.45, 7) is 2.22. The van der Waals surface area contributed by atoms with Crippen LogP contribution >= 0.6 is 0 Å². The van der Waals surface area contributed by atoms with Crippen LogP contribution in [0.1, 0.15) is 12.8 Å². The molecule has 0 saturated carbocycles. The molecule has 0 aromatic carbocycles. The van der Waals surface area contributed by atoms with Crippen LogP contribution in [0, 0.1) is 29.1 Å². The van der Waals surface area contributed by atoms with Gasteiger partial charge in [-0.15, -0.1) is 0 Å². The lowest BCUT2D eigenvalue weighted by molar-refractivity contribution is 0.206. The second-order valence-electron chi connectivity index (χ2n) is 4.85. The van der Waals surface area contributed by atoms with E-state index in [1.54, 1.807) is 0 Å². The molecule has 0 amide bonds. The van der Waals surface area contributed by atoms with Crippen molar-refractivity contribution in [2.75, 3.05) is 13.1 Å². The van der Waals surface area contributed by atoms with Gasteiger partial charge in [0.05, 0.1) is 12.0 Å². The molecule has 0 spiro atoms. The molecule has 3 atom stereocenters. The summed E-state index contributed by atoms with van der Waals surface area (Å²) in [6.07, 6.45) is 13.4. The Bertz CT molecular complexity index is 411. The summed E-state index contributed by atoms with van der Waals surface area (Å²) in [5.41, 5.74) is 1.40. The third-order valence-electron chi connectivity index (χ3n) is 3.94. The Morgan fingerprint density at radius 1 is 1.19 bits per heavy atom.